The Labute approximate surface area is 347 Å². The zero-order valence-electron chi connectivity index (χ0n) is 32.5. The number of aromatic carboxylic acids is 2. The van der Waals surface area contributed by atoms with Gasteiger partial charge in [-0.3, -0.25) is 9.97 Å². The Morgan fingerprint density at radius 1 is 0.492 bits per heavy atom. The second-order valence-corrected chi connectivity index (χ2v) is 14.4. The molecule has 61 heavy (non-hydrogen) atoms. The van der Waals surface area contributed by atoms with Crippen molar-refractivity contribution in [3.63, 3.8) is 0 Å². The summed E-state index contributed by atoms with van der Waals surface area (Å²) in [5, 5.41) is 30.9. The number of methoxy groups -OCH3 is 1. The van der Waals surface area contributed by atoms with Crippen LogP contribution < -0.4 is 4.74 Å². The number of halogens is 4. The molecule has 0 aliphatic heterocycles. The summed E-state index contributed by atoms with van der Waals surface area (Å²) in [6, 6.07) is 31.2. The van der Waals surface area contributed by atoms with Crippen molar-refractivity contribution in [1.29, 1.82) is 0 Å². The molecule has 8 rings (SSSR count). The smallest absolute Gasteiger partial charge is 0.339 e. The van der Waals surface area contributed by atoms with E-state index in [1.54, 1.807) is 67.0 Å². The zero-order chi connectivity index (χ0) is 43.2. The van der Waals surface area contributed by atoms with Crippen LogP contribution in [0, 0.1) is 23.3 Å². The average molecular weight is 825 g/mol. The summed E-state index contributed by atoms with van der Waals surface area (Å²) in [5.74, 6) is -3.88. The minimum Gasteiger partial charge on any atom is -0.505 e. The second-order valence-electron chi connectivity index (χ2n) is 14.4. The first kappa shape index (κ1) is 41.6. The van der Waals surface area contributed by atoms with Gasteiger partial charge in [0.2, 0.25) is 0 Å². The molecule has 0 radical (unpaired) electrons. The minimum absolute atomic E-state index is 0.0193. The van der Waals surface area contributed by atoms with Crippen LogP contribution in [0.4, 0.5) is 17.6 Å². The lowest BCUT2D eigenvalue weighted by Crippen LogP contribution is -2.05. The zero-order valence-corrected chi connectivity index (χ0v) is 32.5. The van der Waals surface area contributed by atoms with Crippen LogP contribution in [0.25, 0.3) is 21.8 Å². The number of rotatable bonds is 11. The van der Waals surface area contributed by atoms with Gasteiger partial charge in [0.05, 0.1) is 7.11 Å². The van der Waals surface area contributed by atoms with E-state index in [9.17, 15) is 42.5 Å². The quantitative estimate of drug-likeness (QED) is 0.110. The molecule has 0 bridgehead atoms. The number of carbonyl (C=O) groups is 2. The van der Waals surface area contributed by atoms with Gasteiger partial charge in [-0.2, -0.15) is 0 Å². The maximum Gasteiger partial charge on any atom is 0.339 e. The molecule has 306 valence electrons. The normalized spacial score (nSPS) is 11.0. The molecule has 12 heteroatoms. The van der Waals surface area contributed by atoms with Gasteiger partial charge in [-0.25, -0.2) is 27.2 Å². The first-order chi connectivity index (χ1) is 29.3. The van der Waals surface area contributed by atoms with Gasteiger partial charge in [-0.1, -0.05) is 48.5 Å². The Kier molecular flexibility index (Phi) is 12.3. The average Bonchev–Trinajstić information content (AvgIpc) is 3.25. The van der Waals surface area contributed by atoms with Crippen molar-refractivity contribution in [2.24, 2.45) is 0 Å². The van der Waals surface area contributed by atoms with Crippen LogP contribution in [-0.2, 0) is 25.7 Å². The summed E-state index contributed by atoms with van der Waals surface area (Å²) < 4.78 is 58.3. The number of hydrogen-bond donors (Lipinski definition) is 3. The molecule has 0 aliphatic rings. The largest absolute Gasteiger partial charge is 0.505 e. The Bertz CT molecular complexity index is 2890. The number of aromatic nitrogens is 2. The predicted molar refractivity (Wildman–Crippen MR) is 222 cm³/mol. The third kappa shape index (κ3) is 9.82. The molecule has 0 saturated carbocycles. The highest BCUT2D eigenvalue weighted by Crippen LogP contribution is 2.35. The van der Waals surface area contributed by atoms with Crippen LogP contribution in [-0.4, -0.2) is 44.3 Å². The van der Waals surface area contributed by atoms with Crippen molar-refractivity contribution < 1.29 is 47.2 Å². The third-order valence-electron chi connectivity index (χ3n) is 10.1. The van der Waals surface area contributed by atoms with Crippen molar-refractivity contribution in [2.75, 3.05) is 7.11 Å². The van der Waals surface area contributed by atoms with E-state index < -0.39 is 17.7 Å². The number of fused-ring (bicyclic) bond motifs is 2. The van der Waals surface area contributed by atoms with Crippen LogP contribution in [0.3, 0.4) is 0 Å². The number of benzene rings is 6. The van der Waals surface area contributed by atoms with Crippen molar-refractivity contribution in [3.8, 4) is 11.5 Å². The highest BCUT2D eigenvalue weighted by atomic mass is 19.1. The molecule has 0 saturated heterocycles. The number of aromatic hydroxyl groups is 1. The number of phenols is 1. The summed E-state index contributed by atoms with van der Waals surface area (Å²) >= 11 is 0. The molecule has 0 fully saturated rings. The van der Waals surface area contributed by atoms with Crippen LogP contribution in [0.2, 0.25) is 0 Å². The molecule has 0 spiro atoms. The lowest BCUT2D eigenvalue weighted by molar-refractivity contribution is 0.0682. The number of ether oxygens (including phenoxy) is 1. The first-order valence-corrected chi connectivity index (χ1v) is 18.9. The molecule has 3 N–H and O–H groups in total. The van der Waals surface area contributed by atoms with E-state index in [0.29, 0.717) is 42.1 Å². The standard InChI is InChI=1S/C25H19F2NO3.C24H17F2NO3/c1-31-24-22(25(29)30)13-18(11-16-4-8-20(27)9-5-16)21-12-17(14-28-23(21)24)10-15-2-6-19(26)7-3-15;25-18-5-1-14(2-6-18)9-16-11-20-17(10-15-3-7-19(26)8-4-15)12-21(24(29)30)23(28)22(20)27-13-16/h2-9,12-14H,10-11H2,1H3,(H,29,30);1-8,11-13,28H,9-10H2,(H,29,30). The van der Waals surface area contributed by atoms with E-state index in [1.807, 2.05) is 12.1 Å². The van der Waals surface area contributed by atoms with Gasteiger partial charge in [0.1, 0.15) is 45.4 Å². The van der Waals surface area contributed by atoms with E-state index in [1.165, 1.54) is 61.7 Å². The molecule has 0 amide bonds. The van der Waals surface area contributed by atoms with E-state index in [0.717, 1.165) is 44.3 Å². The van der Waals surface area contributed by atoms with Gasteiger partial charge in [0.25, 0.3) is 0 Å². The Balaban J connectivity index is 0.000000184. The highest BCUT2D eigenvalue weighted by Gasteiger charge is 2.21. The van der Waals surface area contributed by atoms with Crippen LogP contribution in [0.5, 0.6) is 11.5 Å². The van der Waals surface area contributed by atoms with Gasteiger partial charge in [-0.15, -0.1) is 0 Å². The monoisotopic (exact) mass is 824 g/mol. The Morgan fingerprint density at radius 2 is 0.836 bits per heavy atom. The lowest BCUT2D eigenvalue weighted by Gasteiger charge is -2.14. The molecular formula is C49H36F4N2O6. The van der Waals surface area contributed by atoms with Crippen LogP contribution in [0.15, 0.2) is 134 Å². The van der Waals surface area contributed by atoms with Crippen LogP contribution >= 0.6 is 0 Å². The van der Waals surface area contributed by atoms with E-state index in [2.05, 4.69) is 9.97 Å². The van der Waals surface area contributed by atoms with Crippen molar-refractivity contribution in [1.82, 2.24) is 9.97 Å². The number of carboxylic acid groups (broad SMARTS) is 2. The summed E-state index contributed by atoms with van der Waals surface area (Å²) in [6.07, 6.45) is 5.03. The van der Waals surface area contributed by atoms with Gasteiger partial charge < -0.3 is 20.1 Å². The summed E-state index contributed by atoms with van der Waals surface area (Å²) in [4.78, 5) is 32.2. The molecule has 2 aromatic heterocycles. The van der Waals surface area contributed by atoms with E-state index in [4.69, 9.17) is 4.74 Å². The molecule has 6 aromatic carbocycles. The van der Waals surface area contributed by atoms with Gasteiger partial charge in [0, 0.05) is 23.2 Å². The molecular weight excluding hydrogens is 789 g/mol. The molecule has 8 nitrogen and oxygen atoms in total. The number of carboxylic acids is 2. The highest BCUT2D eigenvalue weighted by molar-refractivity contribution is 6.01. The van der Waals surface area contributed by atoms with Crippen molar-refractivity contribution in [3.05, 3.63) is 213 Å². The maximum absolute atomic E-state index is 13.3. The number of nitrogens with zero attached hydrogens (tertiary/aromatic N) is 2. The fraction of sp³-hybridized carbons (Fsp3) is 0.102. The molecule has 0 unspecified atom stereocenters. The third-order valence-corrected chi connectivity index (χ3v) is 10.1. The summed E-state index contributed by atoms with van der Waals surface area (Å²) in [5.41, 5.74) is 6.99. The van der Waals surface area contributed by atoms with Gasteiger partial charge in [-0.05, 0) is 143 Å². The SMILES string of the molecule is COc1c(C(=O)O)cc(Cc2ccc(F)cc2)c2cc(Cc3ccc(F)cc3)cnc12.O=C(O)c1cc(Cc2ccc(F)cc2)c2cc(Cc3ccc(F)cc3)cnc2c1O. The van der Waals surface area contributed by atoms with Gasteiger partial charge in [0.15, 0.2) is 11.5 Å². The first-order valence-electron chi connectivity index (χ1n) is 18.9. The fourth-order valence-corrected chi connectivity index (χ4v) is 7.10. The molecule has 0 aliphatic carbocycles. The van der Waals surface area contributed by atoms with Crippen molar-refractivity contribution in [2.45, 2.75) is 25.7 Å². The molecule has 8 aromatic rings. The lowest BCUT2D eigenvalue weighted by atomic mass is 9.95. The summed E-state index contributed by atoms with van der Waals surface area (Å²) in [7, 11) is 1.41. The number of pyridine rings is 2. The Morgan fingerprint density at radius 3 is 1.21 bits per heavy atom. The fourth-order valence-electron chi connectivity index (χ4n) is 7.10. The summed E-state index contributed by atoms with van der Waals surface area (Å²) in [6.45, 7) is 0. The minimum atomic E-state index is -1.26. The van der Waals surface area contributed by atoms with Crippen LogP contribution in [0.1, 0.15) is 65.2 Å². The molecule has 0 atom stereocenters. The predicted octanol–water partition coefficient (Wildman–Crippen LogP) is 10.5. The molecule has 2 heterocycles. The van der Waals surface area contributed by atoms with E-state index in [-0.39, 0.29) is 45.7 Å². The van der Waals surface area contributed by atoms with Gasteiger partial charge >= 0.3 is 11.9 Å². The number of hydrogen-bond acceptors (Lipinski definition) is 6. The second kappa shape index (κ2) is 18.1. The maximum atomic E-state index is 13.3. The van der Waals surface area contributed by atoms with Crippen molar-refractivity contribution >= 4 is 33.7 Å². The topological polar surface area (TPSA) is 130 Å². The Hall–Kier alpha value is -7.60. The van der Waals surface area contributed by atoms with E-state index >= 15 is 0 Å².